The Morgan fingerprint density at radius 2 is 1.69 bits per heavy atom. The van der Waals surface area contributed by atoms with Crippen LogP contribution in [0.15, 0.2) is 66.9 Å². The van der Waals surface area contributed by atoms with Crippen LogP contribution in [0.1, 0.15) is 51.1 Å². The lowest BCUT2D eigenvalue weighted by atomic mass is 9.98. The van der Waals surface area contributed by atoms with Gasteiger partial charge in [-0.25, -0.2) is 13.8 Å². The van der Waals surface area contributed by atoms with Gasteiger partial charge in [0.25, 0.3) is 0 Å². The standard InChI is InChI=1S/C28H23F2N3O2/c29-21-6-4-5-19(15-21)26(34)14-18-7-9-22(23(30)13-18)28(35)20-8-10-24-25(16-20)32-27(17-31-24)33-11-2-1-3-12-33/h4-10,13,15-17H,1-3,11-12,14H2. The number of aromatic nitrogens is 2. The number of Topliss-reactive ketones (excluding diaryl/α,β-unsaturated/α-hetero) is 1. The summed E-state index contributed by atoms with van der Waals surface area (Å²) < 4.78 is 28.3. The van der Waals surface area contributed by atoms with Crippen molar-refractivity contribution in [2.75, 3.05) is 18.0 Å². The average molecular weight is 472 g/mol. The molecule has 5 nitrogen and oxygen atoms in total. The fourth-order valence-corrected chi connectivity index (χ4v) is 4.38. The van der Waals surface area contributed by atoms with E-state index < -0.39 is 17.4 Å². The van der Waals surface area contributed by atoms with Crippen LogP contribution in [0.25, 0.3) is 11.0 Å². The van der Waals surface area contributed by atoms with Gasteiger partial charge in [-0.3, -0.25) is 14.6 Å². The van der Waals surface area contributed by atoms with E-state index in [4.69, 9.17) is 4.98 Å². The van der Waals surface area contributed by atoms with E-state index in [1.54, 1.807) is 30.5 Å². The molecule has 2 heterocycles. The van der Waals surface area contributed by atoms with Crippen LogP contribution in [-0.2, 0) is 6.42 Å². The van der Waals surface area contributed by atoms with Gasteiger partial charge in [-0.15, -0.1) is 0 Å². The maximum Gasteiger partial charge on any atom is 0.196 e. The Morgan fingerprint density at radius 3 is 2.46 bits per heavy atom. The third-order valence-corrected chi connectivity index (χ3v) is 6.26. The lowest BCUT2D eigenvalue weighted by Crippen LogP contribution is -2.30. The van der Waals surface area contributed by atoms with Crippen molar-refractivity contribution in [2.24, 2.45) is 0 Å². The van der Waals surface area contributed by atoms with Gasteiger partial charge in [0.15, 0.2) is 11.6 Å². The number of rotatable bonds is 6. The molecule has 176 valence electrons. The molecule has 35 heavy (non-hydrogen) atoms. The molecule has 0 amide bonds. The van der Waals surface area contributed by atoms with Crippen molar-refractivity contribution in [3.05, 3.63) is 101 Å². The molecule has 0 spiro atoms. The Hall–Kier alpha value is -4.00. The molecule has 1 fully saturated rings. The van der Waals surface area contributed by atoms with Gasteiger partial charge in [0.1, 0.15) is 17.5 Å². The average Bonchev–Trinajstić information content (AvgIpc) is 2.88. The Kier molecular flexibility index (Phi) is 6.31. The largest absolute Gasteiger partial charge is 0.355 e. The Balaban J connectivity index is 1.37. The quantitative estimate of drug-likeness (QED) is 0.345. The van der Waals surface area contributed by atoms with Gasteiger partial charge in [-0.1, -0.05) is 18.2 Å². The maximum atomic E-state index is 14.9. The molecular formula is C28H23F2N3O2. The molecule has 0 aliphatic carbocycles. The molecule has 0 atom stereocenters. The molecule has 0 saturated carbocycles. The van der Waals surface area contributed by atoms with Gasteiger partial charge in [0.2, 0.25) is 0 Å². The summed E-state index contributed by atoms with van der Waals surface area (Å²) in [6, 6.07) is 14.4. The second kappa shape index (κ2) is 9.70. The number of piperidine rings is 1. The second-order valence-corrected chi connectivity index (χ2v) is 8.73. The number of nitrogens with zero attached hydrogens (tertiary/aromatic N) is 3. The number of ketones is 2. The SMILES string of the molecule is O=C(Cc1ccc(C(=O)c2ccc3ncc(N4CCCCC4)nc3c2)c(F)c1)c1cccc(F)c1. The number of benzene rings is 3. The summed E-state index contributed by atoms with van der Waals surface area (Å²) in [4.78, 5) is 36.8. The zero-order valence-corrected chi connectivity index (χ0v) is 19.0. The van der Waals surface area contributed by atoms with Crippen LogP contribution in [0.2, 0.25) is 0 Å². The lowest BCUT2D eigenvalue weighted by Gasteiger charge is -2.27. The van der Waals surface area contributed by atoms with Gasteiger partial charge in [0, 0.05) is 30.6 Å². The van der Waals surface area contributed by atoms with Crippen LogP contribution in [0.5, 0.6) is 0 Å². The first-order valence-electron chi connectivity index (χ1n) is 11.6. The Labute approximate surface area is 201 Å². The summed E-state index contributed by atoms with van der Waals surface area (Å²) in [6.07, 6.45) is 5.08. The lowest BCUT2D eigenvalue weighted by molar-refractivity contribution is 0.0991. The van der Waals surface area contributed by atoms with Gasteiger partial charge >= 0.3 is 0 Å². The monoisotopic (exact) mass is 471 g/mol. The van der Waals surface area contributed by atoms with E-state index in [0.717, 1.165) is 37.8 Å². The number of carbonyl (C=O) groups excluding carboxylic acids is 2. The molecule has 0 N–H and O–H groups in total. The molecule has 3 aromatic carbocycles. The number of halogens is 2. The van der Waals surface area contributed by atoms with Crippen molar-refractivity contribution in [3.8, 4) is 0 Å². The van der Waals surface area contributed by atoms with Gasteiger partial charge < -0.3 is 4.90 Å². The highest BCUT2D eigenvalue weighted by molar-refractivity contribution is 6.10. The smallest absolute Gasteiger partial charge is 0.196 e. The van der Waals surface area contributed by atoms with E-state index in [1.165, 1.54) is 36.8 Å². The summed E-state index contributed by atoms with van der Waals surface area (Å²) >= 11 is 0. The van der Waals surface area contributed by atoms with Crippen LogP contribution in [0, 0.1) is 11.6 Å². The molecule has 1 aliphatic rings. The fourth-order valence-electron chi connectivity index (χ4n) is 4.38. The van der Waals surface area contributed by atoms with E-state index in [2.05, 4.69) is 9.88 Å². The van der Waals surface area contributed by atoms with E-state index >= 15 is 0 Å². The minimum Gasteiger partial charge on any atom is -0.355 e. The molecular weight excluding hydrogens is 448 g/mol. The topological polar surface area (TPSA) is 63.2 Å². The summed E-state index contributed by atoms with van der Waals surface area (Å²) in [5, 5.41) is 0. The highest BCUT2D eigenvalue weighted by Gasteiger charge is 2.18. The molecule has 7 heteroatoms. The number of carbonyl (C=O) groups is 2. The molecule has 1 saturated heterocycles. The highest BCUT2D eigenvalue weighted by atomic mass is 19.1. The van der Waals surface area contributed by atoms with Crippen LogP contribution in [-0.4, -0.2) is 34.6 Å². The summed E-state index contributed by atoms with van der Waals surface area (Å²) in [7, 11) is 0. The molecule has 0 unspecified atom stereocenters. The van der Waals surface area contributed by atoms with Crippen molar-refractivity contribution >= 4 is 28.4 Å². The van der Waals surface area contributed by atoms with Crippen LogP contribution >= 0.6 is 0 Å². The molecule has 5 rings (SSSR count). The maximum absolute atomic E-state index is 14.9. The predicted octanol–water partition coefficient (Wildman–Crippen LogP) is 5.55. The second-order valence-electron chi connectivity index (χ2n) is 8.73. The number of anilines is 1. The van der Waals surface area contributed by atoms with Gasteiger partial charge in [-0.05, 0) is 67.3 Å². The summed E-state index contributed by atoms with van der Waals surface area (Å²) in [5.41, 5.74) is 2.08. The van der Waals surface area contributed by atoms with E-state index in [0.29, 0.717) is 22.2 Å². The molecule has 0 radical (unpaired) electrons. The first-order chi connectivity index (χ1) is 17.0. The summed E-state index contributed by atoms with van der Waals surface area (Å²) in [5.74, 6) is -1.25. The summed E-state index contributed by atoms with van der Waals surface area (Å²) in [6.45, 7) is 1.86. The molecule has 0 bridgehead atoms. The van der Waals surface area contributed by atoms with E-state index in [1.807, 2.05) is 0 Å². The van der Waals surface area contributed by atoms with Crippen molar-refractivity contribution in [3.63, 3.8) is 0 Å². The van der Waals surface area contributed by atoms with Gasteiger partial charge in [0.05, 0.1) is 22.8 Å². The third kappa shape index (κ3) is 4.94. The normalized spacial score (nSPS) is 13.7. The fraction of sp³-hybridized carbons (Fsp3) is 0.214. The highest BCUT2D eigenvalue weighted by Crippen LogP contribution is 2.23. The van der Waals surface area contributed by atoms with Crippen molar-refractivity contribution in [1.82, 2.24) is 9.97 Å². The number of hydrogen-bond acceptors (Lipinski definition) is 5. The third-order valence-electron chi connectivity index (χ3n) is 6.26. The molecule has 1 aliphatic heterocycles. The molecule has 1 aromatic heterocycles. The zero-order valence-electron chi connectivity index (χ0n) is 19.0. The zero-order chi connectivity index (χ0) is 24.4. The Bertz CT molecular complexity index is 1430. The van der Waals surface area contributed by atoms with Crippen LogP contribution < -0.4 is 4.90 Å². The van der Waals surface area contributed by atoms with Gasteiger partial charge in [-0.2, -0.15) is 0 Å². The van der Waals surface area contributed by atoms with Crippen molar-refractivity contribution in [1.29, 1.82) is 0 Å². The first kappa shape index (κ1) is 22.8. The molecule has 4 aromatic rings. The van der Waals surface area contributed by atoms with Crippen LogP contribution in [0.4, 0.5) is 14.6 Å². The number of hydrogen-bond donors (Lipinski definition) is 0. The van der Waals surface area contributed by atoms with Crippen molar-refractivity contribution < 1.29 is 18.4 Å². The van der Waals surface area contributed by atoms with E-state index in [-0.39, 0.29) is 23.3 Å². The first-order valence-corrected chi connectivity index (χ1v) is 11.6. The minimum absolute atomic E-state index is 0.0913. The van der Waals surface area contributed by atoms with Crippen molar-refractivity contribution in [2.45, 2.75) is 25.7 Å². The predicted molar refractivity (Wildman–Crippen MR) is 130 cm³/mol. The van der Waals surface area contributed by atoms with E-state index in [9.17, 15) is 18.4 Å². The minimum atomic E-state index is -0.715. The van der Waals surface area contributed by atoms with Crippen LogP contribution in [0.3, 0.4) is 0 Å². The Morgan fingerprint density at radius 1 is 0.857 bits per heavy atom. The number of fused-ring (bicyclic) bond motifs is 1.